The van der Waals surface area contributed by atoms with Gasteiger partial charge in [0.15, 0.2) is 5.65 Å². The molecule has 1 saturated heterocycles. The fourth-order valence-electron chi connectivity index (χ4n) is 1.92. The number of hydrogen-bond donors (Lipinski definition) is 1. The van der Waals surface area contributed by atoms with Crippen molar-refractivity contribution in [3.8, 4) is 0 Å². The topological polar surface area (TPSA) is 74.8 Å². The maximum atomic E-state index is 11.4. The van der Waals surface area contributed by atoms with E-state index in [9.17, 15) is 4.79 Å². The zero-order valence-electron chi connectivity index (χ0n) is 8.68. The molecule has 3 heterocycles. The molecule has 0 aromatic carbocycles. The van der Waals surface area contributed by atoms with Gasteiger partial charge in [-0.05, 0) is 12.8 Å². The number of aromatic nitrogens is 4. The Morgan fingerprint density at radius 2 is 2.06 bits per heavy atom. The lowest BCUT2D eigenvalue weighted by Gasteiger charge is -2.14. The Hall–Kier alpha value is -1.98. The van der Waals surface area contributed by atoms with Crippen LogP contribution in [0.3, 0.4) is 0 Å². The smallest absolute Gasteiger partial charge is 0.261 e. The van der Waals surface area contributed by atoms with Crippen LogP contribution in [-0.2, 0) is 0 Å². The van der Waals surface area contributed by atoms with E-state index in [1.165, 1.54) is 19.2 Å². The van der Waals surface area contributed by atoms with E-state index in [1.807, 2.05) is 0 Å². The molecule has 6 heteroatoms. The van der Waals surface area contributed by atoms with Crippen LogP contribution in [0.2, 0.25) is 0 Å². The molecule has 1 aliphatic rings. The number of rotatable bonds is 1. The highest BCUT2D eigenvalue weighted by Crippen LogP contribution is 2.16. The highest BCUT2D eigenvalue weighted by molar-refractivity contribution is 5.73. The number of aromatic amines is 1. The molecule has 6 nitrogen and oxygen atoms in total. The average Bonchev–Trinajstić information content (AvgIpc) is 2.82. The fourth-order valence-corrected chi connectivity index (χ4v) is 1.92. The Balaban J connectivity index is 2.12. The van der Waals surface area contributed by atoms with Crippen molar-refractivity contribution in [1.29, 1.82) is 0 Å². The lowest BCUT2D eigenvalue weighted by molar-refractivity contribution is 0.902. The molecule has 0 atom stereocenters. The Morgan fingerprint density at radius 1 is 1.25 bits per heavy atom. The average molecular weight is 217 g/mol. The number of hydrogen-bond acceptors (Lipinski definition) is 5. The van der Waals surface area contributed by atoms with Crippen LogP contribution in [0.25, 0.3) is 11.0 Å². The second kappa shape index (κ2) is 3.55. The van der Waals surface area contributed by atoms with Gasteiger partial charge < -0.3 is 9.88 Å². The first-order valence-corrected chi connectivity index (χ1v) is 5.30. The van der Waals surface area contributed by atoms with Crippen LogP contribution in [0.15, 0.2) is 17.3 Å². The van der Waals surface area contributed by atoms with Gasteiger partial charge >= 0.3 is 0 Å². The molecule has 0 saturated carbocycles. The van der Waals surface area contributed by atoms with Crippen LogP contribution in [0.5, 0.6) is 0 Å². The van der Waals surface area contributed by atoms with Gasteiger partial charge in [0, 0.05) is 19.3 Å². The monoisotopic (exact) mass is 217 g/mol. The standard InChI is InChI=1S/C10H11N5O/c16-9-7-5-11-10(15-3-1-2-4-15)14-8(7)12-6-13-9/h5-6H,1-4H2,(H,11,12,13,14,16). The molecule has 0 radical (unpaired) electrons. The van der Waals surface area contributed by atoms with Gasteiger partial charge in [0.1, 0.15) is 5.39 Å². The largest absolute Gasteiger partial charge is 0.341 e. The van der Waals surface area contributed by atoms with Crippen molar-refractivity contribution >= 4 is 17.0 Å². The Labute approximate surface area is 91.4 Å². The minimum absolute atomic E-state index is 0.196. The Bertz CT molecular complexity index is 573. The number of H-pyrrole nitrogens is 1. The van der Waals surface area contributed by atoms with Crippen LogP contribution < -0.4 is 10.5 Å². The highest BCUT2D eigenvalue weighted by atomic mass is 16.1. The summed E-state index contributed by atoms with van der Waals surface area (Å²) in [7, 11) is 0. The van der Waals surface area contributed by atoms with E-state index in [0.29, 0.717) is 17.0 Å². The molecule has 0 bridgehead atoms. The van der Waals surface area contributed by atoms with Crippen molar-refractivity contribution in [3.05, 3.63) is 22.9 Å². The van der Waals surface area contributed by atoms with E-state index in [-0.39, 0.29) is 5.56 Å². The summed E-state index contributed by atoms with van der Waals surface area (Å²) in [5.41, 5.74) is 0.263. The molecule has 3 rings (SSSR count). The first-order valence-electron chi connectivity index (χ1n) is 5.30. The van der Waals surface area contributed by atoms with E-state index < -0.39 is 0 Å². The van der Waals surface area contributed by atoms with Crippen molar-refractivity contribution in [3.63, 3.8) is 0 Å². The summed E-state index contributed by atoms with van der Waals surface area (Å²) in [4.78, 5) is 28.6. The number of nitrogens with zero attached hydrogens (tertiary/aromatic N) is 4. The molecule has 82 valence electrons. The van der Waals surface area contributed by atoms with Crippen LogP contribution >= 0.6 is 0 Å². The molecule has 1 aliphatic heterocycles. The fraction of sp³-hybridized carbons (Fsp3) is 0.400. The zero-order valence-corrected chi connectivity index (χ0v) is 8.68. The van der Waals surface area contributed by atoms with Crippen LogP contribution in [0.1, 0.15) is 12.8 Å². The quantitative estimate of drug-likeness (QED) is 0.744. The van der Waals surface area contributed by atoms with Gasteiger partial charge in [-0.2, -0.15) is 4.98 Å². The molecule has 1 N–H and O–H groups in total. The van der Waals surface area contributed by atoms with Crippen molar-refractivity contribution in [1.82, 2.24) is 19.9 Å². The summed E-state index contributed by atoms with van der Waals surface area (Å²) in [5, 5.41) is 0.436. The van der Waals surface area contributed by atoms with Gasteiger partial charge in [-0.25, -0.2) is 9.97 Å². The van der Waals surface area contributed by atoms with Gasteiger partial charge in [-0.15, -0.1) is 0 Å². The van der Waals surface area contributed by atoms with Gasteiger partial charge in [0.25, 0.3) is 5.56 Å². The van der Waals surface area contributed by atoms with Gasteiger partial charge in [0.2, 0.25) is 5.95 Å². The molecule has 0 aliphatic carbocycles. The molecule has 0 unspecified atom stereocenters. The summed E-state index contributed by atoms with van der Waals surface area (Å²) < 4.78 is 0. The SMILES string of the molecule is O=c1[nH]cnc2nc(N3CCCC3)ncc12. The first-order chi connectivity index (χ1) is 7.84. The van der Waals surface area contributed by atoms with Gasteiger partial charge in [0.05, 0.1) is 6.33 Å². The van der Waals surface area contributed by atoms with E-state index in [4.69, 9.17) is 0 Å². The molecule has 0 spiro atoms. The summed E-state index contributed by atoms with van der Waals surface area (Å²) in [6.45, 7) is 1.96. The normalized spacial score (nSPS) is 15.9. The number of anilines is 1. The molecule has 1 fully saturated rings. The van der Waals surface area contributed by atoms with Crippen molar-refractivity contribution in [2.75, 3.05) is 18.0 Å². The third-order valence-electron chi connectivity index (χ3n) is 2.77. The van der Waals surface area contributed by atoms with E-state index in [0.717, 1.165) is 13.1 Å². The minimum atomic E-state index is -0.196. The number of nitrogens with one attached hydrogen (secondary N) is 1. The summed E-state index contributed by atoms with van der Waals surface area (Å²) in [6.07, 6.45) is 5.25. The van der Waals surface area contributed by atoms with Crippen molar-refractivity contribution in [2.45, 2.75) is 12.8 Å². The second-order valence-electron chi connectivity index (χ2n) is 3.83. The lowest BCUT2D eigenvalue weighted by atomic mass is 10.4. The zero-order chi connectivity index (χ0) is 11.0. The lowest BCUT2D eigenvalue weighted by Crippen LogP contribution is -2.21. The molecular weight excluding hydrogens is 206 g/mol. The van der Waals surface area contributed by atoms with Crippen LogP contribution in [-0.4, -0.2) is 33.0 Å². The summed E-state index contributed by atoms with van der Waals surface area (Å²) >= 11 is 0. The second-order valence-corrected chi connectivity index (χ2v) is 3.83. The highest BCUT2D eigenvalue weighted by Gasteiger charge is 2.15. The van der Waals surface area contributed by atoms with E-state index in [2.05, 4.69) is 24.8 Å². The van der Waals surface area contributed by atoms with Gasteiger partial charge in [-0.3, -0.25) is 4.79 Å². The third kappa shape index (κ3) is 1.42. The van der Waals surface area contributed by atoms with Crippen molar-refractivity contribution in [2.24, 2.45) is 0 Å². The summed E-state index contributed by atoms with van der Waals surface area (Å²) in [6, 6.07) is 0. The predicted octanol–water partition coefficient (Wildman–Crippen LogP) is 0.313. The number of fused-ring (bicyclic) bond motifs is 1. The third-order valence-corrected chi connectivity index (χ3v) is 2.77. The molecule has 16 heavy (non-hydrogen) atoms. The van der Waals surface area contributed by atoms with E-state index >= 15 is 0 Å². The minimum Gasteiger partial charge on any atom is -0.341 e. The molecule has 2 aromatic rings. The van der Waals surface area contributed by atoms with E-state index in [1.54, 1.807) is 6.20 Å². The molecule has 0 amide bonds. The van der Waals surface area contributed by atoms with Crippen molar-refractivity contribution < 1.29 is 0 Å². The maximum absolute atomic E-state index is 11.4. The first kappa shape index (κ1) is 9.26. The molecule has 2 aromatic heterocycles. The Kier molecular flexibility index (Phi) is 2.05. The summed E-state index contributed by atoms with van der Waals surface area (Å²) in [5.74, 6) is 0.670. The predicted molar refractivity (Wildman–Crippen MR) is 59.4 cm³/mol. The van der Waals surface area contributed by atoms with Crippen LogP contribution in [0, 0.1) is 0 Å². The van der Waals surface area contributed by atoms with Gasteiger partial charge in [-0.1, -0.05) is 0 Å². The molecular formula is C10H11N5O. The van der Waals surface area contributed by atoms with Crippen LogP contribution in [0.4, 0.5) is 5.95 Å². The maximum Gasteiger partial charge on any atom is 0.261 e. The Morgan fingerprint density at radius 3 is 2.88 bits per heavy atom.